The molecular weight excluding hydrogens is 642 g/mol. The molecule has 0 saturated heterocycles. The molecule has 2 aromatic carbocycles. The first-order valence-electron chi connectivity index (χ1n) is 13.0. The van der Waals surface area contributed by atoms with Crippen LogP contribution >= 0.6 is 27.3 Å². The summed E-state index contributed by atoms with van der Waals surface area (Å²) in [4.78, 5) is 43.2. The molecule has 1 aliphatic rings. The van der Waals surface area contributed by atoms with Crippen LogP contribution in [-0.4, -0.2) is 36.3 Å². The Morgan fingerprint density at radius 3 is 2.58 bits per heavy atom. The number of nitrogens with zero attached hydrogens (tertiary/aromatic N) is 3. The van der Waals surface area contributed by atoms with E-state index < -0.39 is 22.5 Å². The van der Waals surface area contributed by atoms with E-state index in [-0.39, 0.29) is 17.9 Å². The monoisotopic (exact) mass is 667 g/mol. The van der Waals surface area contributed by atoms with E-state index in [1.54, 1.807) is 63.2 Å². The Bertz CT molecular complexity index is 1990. The number of hydrogen-bond acceptors (Lipinski definition) is 10. The molecule has 0 bridgehead atoms. The molecule has 0 N–H and O–H groups in total. The fraction of sp³-hybridized carbons (Fsp3) is 0.233. The minimum absolute atomic E-state index is 0.0159. The van der Waals surface area contributed by atoms with Crippen molar-refractivity contribution in [2.24, 2.45) is 4.99 Å². The first kappa shape index (κ1) is 30.0. The highest BCUT2D eigenvalue weighted by Crippen LogP contribution is 2.41. The maximum Gasteiger partial charge on any atom is 0.338 e. The van der Waals surface area contributed by atoms with Crippen LogP contribution in [0.15, 0.2) is 72.4 Å². The normalized spacial score (nSPS) is 14.7. The second-order valence-electron chi connectivity index (χ2n) is 9.44. The van der Waals surface area contributed by atoms with Crippen molar-refractivity contribution in [2.75, 3.05) is 20.8 Å². The molecule has 13 heteroatoms. The first-order chi connectivity index (χ1) is 20.6. The highest BCUT2D eigenvalue weighted by molar-refractivity contribution is 9.10. The van der Waals surface area contributed by atoms with E-state index in [9.17, 15) is 19.7 Å². The Balaban J connectivity index is 1.68. The van der Waals surface area contributed by atoms with Crippen molar-refractivity contribution in [3.05, 3.63) is 105 Å². The number of furan rings is 1. The lowest BCUT2D eigenvalue weighted by atomic mass is 9.95. The van der Waals surface area contributed by atoms with Gasteiger partial charge in [-0.15, -0.1) is 0 Å². The summed E-state index contributed by atoms with van der Waals surface area (Å²) in [5.41, 5.74) is 1.84. The van der Waals surface area contributed by atoms with E-state index in [4.69, 9.17) is 18.6 Å². The van der Waals surface area contributed by atoms with Crippen molar-refractivity contribution in [1.82, 2.24) is 4.57 Å². The molecule has 11 nitrogen and oxygen atoms in total. The Hall–Kier alpha value is -4.49. The molecule has 0 aliphatic carbocycles. The number of halogens is 1. The number of nitro groups is 1. The maximum atomic E-state index is 14.0. The molecule has 1 aliphatic heterocycles. The molecule has 222 valence electrons. The predicted octanol–water partition coefficient (Wildman–Crippen LogP) is 5.05. The predicted molar refractivity (Wildman–Crippen MR) is 163 cm³/mol. The van der Waals surface area contributed by atoms with Crippen LogP contribution in [0.4, 0.5) is 5.69 Å². The Kier molecular flexibility index (Phi) is 8.38. The highest BCUT2D eigenvalue weighted by Gasteiger charge is 2.35. The maximum absolute atomic E-state index is 14.0. The lowest BCUT2D eigenvalue weighted by molar-refractivity contribution is -0.385. The van der Waals surface area contributed by atoms with Crippen molar-refractivity contribution < 1.29 is 28.3 Å². The van der Waals surface area contributed by atoms with Gasteiger partial charge in [0.2, 0.25) is 0 Å². The van der Waals surface area contributed by atoms with Crippen molar-refractivity contribution in [1.29, 1.82) is 0 Å². The van der Waals surface area contributed by atoms with Crippen LogP contribution in [0.5, 0.6) is 11.5 Å². The molecule has 0 fully saturated rings. The number of aromatic nitrogens is 1. The topological polar surface area (TPSA) is 135 Å². The number of thiazole rings is 1. The molecule has 3 heterocycles. The van der Waals surface area contributed by atoms with Gasteiger partial charge in [-0.25, -0.2) is 9.79 Å². The zero-order chi connectivity index (χ0) is 31.0. The minimum atomic E-state index is -0.883. The van der Waals surface area contributed by atoms with Gasteiger partial charge in [0.15, 0.2) is 16.3 Å². The Morgan fingerprint density at radius 2 is 1.91 bits per heavy atom. The summed E-state index contributed by atoms with van der Waals surface area (Å²) in [6.07, 6.45) is 1.59. The lowest BCUT2D eigenvalue weighted by Gasteiger charge is -2.26. The van der Waals surface area contributed by atoms with Gasteiger partial charge in [0.25, 0.3) is 11.2 Å². The number of esters is 1. The van der Waals surface area contributed by atoms with Crippen molar-refractivity contribution in [3.63, 3.8) is 0 Å². The molecule has 0 radical (unpaired) electrons. The fourth-order valence-corrected chi connectivity index (χ4v) is 6.52. The molecule has 1 atom stereocenters. The van der Waals surface area contributed by atoms with Gasteiger partial charge in [0, 0.05) is 27.7 Å². The summed E-state index contributed by atoms with van der Waals surface area (Å²) in [6, 6.07) is 10.7. The van der Waals surface area contributed by atoms with Crippen LogP contribution in [0.1, 0.15) is 36.8 Å². The number of allylic oxidation sites excluding steroid dienone is 1. The van der Waals surface area contributed by atoms with Gasteiger partial charge in [0.1, 0.15) is 11.5 Å². The molecule has 5 rings (SSSR count). The van der Waals surface area contributed by atoms with Crippen LogP contribution in [0.3, 0.4) is 0 Å². The van der Waals surface area contributed by atoms with E-state index in [1.807, 2.05) is 0 Å². The largest absolute Gasteiger partial charge is 0.493 e. The third-order valence-corrected chi connectivity index (χ3v) is 8.65. The van der Waals surface area contributed by atoms with Gasteiger partial charge in [-0.1, -0.05) is 39.4 Å². The summed E-state index contributed by atoms with van der Waals surface area (Å²) in [5, 5.41) is 11.4. The standard InChI is InChI=1S/C30H26BrN3O8S/c1-6-41-29(36)26-16(3)32-30-33(27(26)19-13-23(39-4)24(40-5)14-20(19)31)28(35)25(43-30)12-17-10-11-22(42-17)18-8-7-9-21(15(18)2)34(37)38/h7-14,27H,6H2,1-5H3/b25-12-/t27-/m1/s1. The molecule has 0 spiro atoms. The minimum Gasteiger partial charge on any atom is -0.493 e. The fourth-order valence-electron chi connectivity index (χ4n) is 4.96. The summed E-state index contributed by atoms with van der Waals surface area (Å²) in [7, 11) is 3.02. The molecule has 0 unspecified atom stereocenters. The number of carbonyl (C=O) groups excluding carboxylic acids is 1. The van der Waals surface area contributed by atoms with Gasteiger partial charge in [-0.3, -0.25) is 19.5 Å². The second-order valence-corrected chi connectivity index (χ2v) is 11.3. The molecule has 0 amide bonds. The average Bonchev–Trinajstić information content (AvgIpc) is 3.56. The summed E-state index contributed by atoms with van der Waals surface area (Å²) in [6.45, 7) is 5.20. The van der Waals surface area contributed by atoms with E-state index in [1.165, 1.54) is 24.9 Å². The summed E-state index contributed by atoms with van der Waals surface area (Å²) >= 11 is 4.73. The Labute approximate surface area is 257 Å². The number of rotatable bonds is 8. The van der Waals surface area contributed by atoms with Gasteiger partial charge in [-0.05, 0) is 50.6 Å². The number of methoxy groups -OCH3 is 2. The number of benzene rings is 2. The Morgan fingerprint density at radius 1 is 1.19 bits per heavy atom. The second kappa shape index (κ2) is 12.0. The van der Waals surface area contributed by atoms with Crippen molar-refractivity contribution >= 4 is 45.0 Å². The molecule has 2 aromatic heterocycles. The molecule has 4 aromatic rings. The number of ether oxygens (including phenoxy) is 3. The smallest absolute Gasteiger partial charge is 0.338 e. The number of nitro benzene ring substituents is 1. The quantitative estimate of drug-likeness (QED) is 0.145. The van der Waals surface area contributed by atoms with Gasteiger partial charge >= 0.3 is 5.97 Å². The van der Waals surface area contributed by atoms with Crippen LogP contribution in [0, 0.1) is 17.0 Å². The first-order valence-corrected chi connectivity index (χ1v) is 14.7. The number of hydrogen-bond donors (Lipinski definition) is 0. The van der Waals surface area contributed by atoms with Crippen LogP contribution in [0.25, 0.3) is 17.4 Å². The van der Waals surface area contributed by atoms with Crippen LogP contribution in [0.2, 0.25) is 0 Å². The zero-order valence-corrected chi connectivity index (χ0v) is 26.2. The third kappa shape index (κ3) is 5.41. The van der Waals surface area contributed by atoms with Gasteiger partial charge in [0.05, 0.1) is 47.6 Å². The van der Waals surface area contributed by atoms with E-state index >= 15 is 0 Å². The highest BCUT2D eigenvalue weighted by atomic mass is 79.9. The number of carbonyl (C=O) groups is 1. The molecular formula is C30H26BrN3O8S. The lowest BCUT2D eigenvalue weighted by Crippen LogP contribution is -2.40. The van der Waals surface area contributed by atoms with Gasteiger partial charge in [-0.2, -0.15) is 0 Å². The molecule has 43 heavy (non-hydrogen) atoms. The van der Waals surface area contributed by atoms with Crippen molar-refractivity contribution in [2.45, 2.75) is 26.8 Å². The number of fused-ring (bicyclic) bond motifs is 1. The third-order valence-electron chi connectivity index (χ3n) is 6.98. The van der Waals surface area contributed by atoms with E-state index in [0.717, 1.165) is 11.3 Å². The van der Waals surface area contributed by atoms with Gasteiger partial charge < -0.3 is 18.6 Å². The van der Waals surface area contributed by atoms with Crippen LogP contribution < -0.4 is 24.4 Å². The summed E-state index contributed by atoms with van der Waals surface area (Å²) < 4.78 is 24.7. The van der Waals surface area contributed by atoms with Crippen LogP contribution in [-0.2, 0) is 9.53 Å². The zero-order valence-electron chi connectivity index (χ0n) is 23.8. The summed E-state index contributed by atoms with van der Waals surface area (Å²) in [5.74, 6) is 1.09. The van der Waals surface area contributed by atoms with Crippen molar-refractivity contribution in [3.8, 4) is 22.8 Å². The SMILES string of the molecule is CCOC(=O)C1=C(C)N=c2s/c(=C\c3ccc(-c4cccc([N+](=O)[O-])c4C)o3)c(=O)n2[C@@H]1c1cc(OC)c(OC)cc1Br. The van der Waals surface area contributed by atoms with E-state index in [2.05, 4.69) is 20.9 Å². The van der Waals surface area contributed by atoms with E-state index in [0.29, 0.717) is 59.2 Å². The molecule has 0 saturated carbocycles. The average molecular weight is 669 g/mol.